The predicted octanol–water partition coefficient (Wildman–Crippen LogP) is 6.83. The fourth-order valence-electron chi connectivity index (χ4n) is 5.56. The van der Waals surface area contributed by atoms with Crippen molar-refractivity contribution in [3.8, 4) is 0 Å². The number of hydrogen-bond acceptors (Lipinski definition) is 3. The summed E-state index contributed by atoms with van der Waals surface area (Å²) < 4.78 is 0. The molecule has 180 valence electrons. The van der Waals surface area contributed by atoms with Crippen molar-refractivity contribution in [2.45, 2.75) is 102 Å². The third-order valence-electron chi connectivity index (χ3n) is 7.07. The molecular formula is C27H45NO2SSi. The van der Waals surface area contributed by atoms with Gasteiger partial charge in [-0.05, 0) is 47.2 Å². The lowest BCUT2D eigenvalue weighted by Gasteiger charge is -2.42. The summed E-state index contributed by atoms with van der Waals surface area (Å²) in [5, 5.41) is 10.4. The molecule has 0 radical (unpaired) electrons. The molecule has 1 aromatic carbocycles. The van der Waals surface area contributed by atoms with Crippen LogP contribution < -0.4 is 0 Å². The van der Waals surface area contributed by atoms with E-state index in [1.54, 1.807) is 0 Å². The summed E-state index contributed by atoms with van der Waals surface area (Å²) in [7, 11) is -1.40. The maximum absolute atomic E-state index is 12.4. The minimum absolute atomic E-state index is 0.135. The van der Waals surface area contributed by atoms with Crippen molar-refractivity contribution in [2.24, 2.45) is 0 Å². The molecule has 2 atom stereocenters. The van der Waals surface area contributed by atoms with Gasteiger partial charge in [0.05, 0.1) is 12.1 Å². The van der Waals surface area contributed by atoms with Crippen LogP contribution in [0, 0.1) is 0 Å². The van der Waals surface area contributed by atoms with Crippen molar-refractivity contribution < 1.29 is 9.90 Å². The number of benzene rings is 1. The Morgan fingerprint density at radius 2 is 1.69 bits per heavy atom. The van der Waals surface area contributed by atoms with Gasteiger partial charge >= 0.3 is 0 Å². The molecule has 1 aliphatic rings. The van der Waals surface area contributed by atoms with Crippen LogP contribution in [-0.2, 0) is 11.2 Å². The van der Waals surface area contributed by atoms with Crippen molar-refractivity contribution in [1.29, 1.82) is 0 Å². The summed E-state index contributed by atoms with van der Waals surface area (Å²) in [6.45, 7) is 15.4. The van der Waals surface area contributed by atoms with Gasteiger partial charge in [-0.3, -0.25) is 4.79 Å². The van der Waals surface area contributed by atoms with Crippen LogP contribution in [0.3, 0.4) is 0 Å². The summed E-state index contributed by atoms with van der Waals surface area (Å²) in [6.07, 6.45) is 7.77. The van der Waals surface area contributed by atoms with Gasteiger partial charge in [-0.25, -0.2) is 0 Å². The predicted molar refractivity (Wildman–Crippen MR) is 143 cm³/mol. The van der Waals surface area contributed by atoms with E-state index in [4.69, 9.17) is 0 Å². The molecule has 1 aromatic rings. The first kappa shape index (κ1) is 27.2. The van der Waals surface area contributed by atoms with Crippen molar-refractivity contribution in [1.82, 2.24) is 4.90 Å². The molecule has 0 aromatic heterocycles. The molecule has 5 heteroatoms. The van der Waals surface area contributed by atoms with Crippen LogP contribution >= 0.6 is 11.2 Å². The molecule has 1 unspecified atom stereocenters. The average molecular weight is 476 g/mol. The first-order chi connectivity index (χ1) is 15.2. The number of amides is 1. The van der Waals surface area contributed by atoms with Crippen LogP contribution in [0.2, 0.25) is 16.6 Å². The van der Waals surface area contributed by atoms with Gasteiger partial charge in [-0.1, -0.05) is 84.0 Å². The number of likely N-dealkylation sites (tertiary alicyclic amines) is 1. The summed E-state index contributed by atoms with van der Waals surface area (Å²) in [5.74, 6) is 1.47. The highest BCUT2D eigenvalue weighted by Gasteiger charge is 2.43. The number of carbonyl (C=O) groups is 1. The highest BCUT2D eigenvalue weighted by Crippen LogP contribution is 2.49. The molecule has 2 rings (SSSR count). The van der Waals surface area contributed by atoms with E-state index in [1.165, 1.54) is 12.2 Å². The molecule has 0 bridgehead atoms. The number of aliphatic hydroxyl groups excluding tert-OH is 1. The Hall–Kier alpha value is -1.04. The number of nitrogens with zero attached hydrogens (tertiary/aromatic N) is 1. The normalized spacial score (nSPS) is 18.6. The molecule has 1 saturated heterocycles. The third kappa shape index (κ3) is 7.23. The molecule has 0 saturated carbocycles. The van der Waals surface area contributed by atoms with E-state index >= 15 is 0 Å². The summed E-state index contributed by atoms with van der Waals surface area (Å²) in [6, 6.07) is 10.2. The standard InChI is InChI=1S/C27H45NO2SSi/c1-21(2)32(22(3)4,23(5)6)31-19-11-10-18-28-25(15-17-27(28)30)14-16-26(29)20-24-12-8-7-9-13-24/h7-9,12-14,16,21-23,25-26,29H,10-11,15,17-20H2,1-6H3/t25-,26?/m0/s1. The van der Waals surface area contributed by atoms with Crippen molar-refractivity contribution in [3.63, 3.8) is 0 Å². The Bertz CT molecular complexity index is 698. The van der Waals surface area contributed by atoms with E-state index in [1.807, 2.05) is 41.3 Å². The molecule has 32 heavy (non-hydrogen) atoms. The van der Waals surface area contributed by atoms with Crippen molar-refractivity contribution in [2.75, 3.05) is 12.3 Å². The van der Waals surface area contributed by atoms with Crippen molar-refractivity contribution >= 4 is 24.3 Å². The molecule has 1 aliphatic heterocycles. The van der Waals surface area contributed by atoms with E-state index in [-0.39, 0.29) is 11.9 Å². The molecule has 0 aliphatic carbocycles. The maximum atomic E-state index is 12.4. The highest BCUT2D eigenvalue weighted by molar-refractivity contribution is 8.29. The first-order valence-corrected chi connectivity index (χ1v) is 16.5. The smallest absolute Gasteiger partial charge is 0.223 e. The summed E-state index contributed by atoms with van der Waals surface area (Å²) in [5.41, 5.74) is 3.48. The zero-order valence-electron chi connectivity index (χ0n) is 21.1. The van der Waals surface area contributed by atoms with Gasteiger partial charge in [0.2, 0.25) is 5.91 Å². The fourth-order valence-corrected chi connectivity index (χ4v) is 15.8. The lowest BCUT2D eigenvalue weighted by Crippen LogP contribution is -2.41. The van der Waals surface area contributed by atoms with Gasteiger partial charge < -0.3 is 10.0 Å². The Kier molecular flexibility index (Phi) is 11.1. The number of unbranched alkanes of at least 4 members (excludes halogenated alkanes) is 1. The lowest BCUT2D eigenvalue weighted by molar-refractivity contribution is -0.128. The Morgan fingerprint density at radius 1 is 1.06 bits per heavy atom. The molecule has 1 N–H and O–H groups in total. The second-order valence-corrected chi connectivity index (χ2v) is 19.1. The van der Waals surface area contributed by atoms with Crippen LogP contribution in [0.5, 0.6) is 0 Å². The summed E-state index contributed by atoms with van der Waals surface area (Å²) >= 11 is 2.28. The monoisotopic (exact) mass is 475 g/mol. The highest BCUT2D eigenvalue weighted by atomic mass is 32.4. The van der Waals surface area contributed by atoms with E-state index in [9.17, 15) is 9.90 Å². The summed E-state index contributed by atoms with van der Waals surface area (Å²) in [4.78, 5) is 14.5. The molecular weight excluding hydrogens is 430 g/mol. The average Bonchev–Trinajstić information content (AvgIpc) is 3.08. The molecule has 1 heterocycles. The largest absolute Gasteiger partial charge is 0.389 e. The van der Waals surface area contributed by atoms with Gasteiger partial charge in [0.15, 0.2) is 0 Å². The van der Waals surface area contributed by atoms with E-state index in [2.05, 4.69) is 58.8 Å². The van der Waals surface area contributed by atoms with Gasteiger partial charge in [0.1, 0.15) is 7.22 Å². The number of carbonyl (C=O) groups excluding carboxylic acids is 1. The number of aliphatic hydroxyl groups is 1. The van der Waals surface area contributed by atoms with E-state index < -0.39 is 13.3 Å². The Balaban J connectivity index is 1.82. The van der Waals surface area contributed by atoms with Crippen molar-refractivity contribution in [3.05, 3.63) is 48.0 Å². The van der Waals surface area contributed by atoms with Gasteiger partial charge in [-0.15, -0.1) is 0 Å². The SMILES string of the molecule is CC(C)[Si](SCCCCN1C(=O)CC[C@@H]1C=CC(O)Cc1ccccc1)(C(C)C)C(C)C. The third-order valence-corrected chi connectivity index (χ3v) is 19.8. The van der Waals surface area contributed by atoms with Gasteiger partial charge in [0, 0.05) is 19.4 Å². The van der Waals surface area contributed by atoms with Crippen LogP contribution in [0.25, 0.3) is 0 Å². The Morgan fingerprint density at radius 3 is 2.28 bits per heavy atom. The minimum atomic E-state index is -1.40. The zero-order chi connectivity index (χ0) is 23.7. The van der Waals surface area contributed by atoms with Crippen LogP contribution in [0.1, 0.15) is 72.8 Å². The lowest BCUT2D eigenvalue weighted by atomic mass is 10.1. The van der Waals surface area contributed by atoms with Gasteiger partial charge in [-0.2, -0.15) is 11.2 Å². The van der Waals surface area contributed by atoms with Gasteiger partial charge in [0.25, 0.3) is 0 Å². The van der Waals surface area contributed by atoms with Crippen LogP contribution in [-0.4, -0.2) is 47.6 Å². The second-order valence-electron chi connectivity index (χ2n) is 10.2. The fraction of sp³-hybridized carbons (Fsp3) is 0.667. The molecule has 1 fully saturated rings. The molecule has 3 nitrogen and oxygen atoms in total. The first-order valence-electron chi connectivity index (χ1n) is 12.5. The molecule has 0 spiro atoms. The quantitative estimate of drug-likeness (QED) is 0.193. The van der Waals surface area contributed by atoms with E-state index in [0.29, 0.717) is 12.8 Å². The van der Waals surface area contributed by atoms with E-state index in [0.717, 1.165) is 41.6 Å². The zero-order valence-corrected chi connectivity index (χ0v) is 22.9. The van der Waals surface area contributed by atoms with Crippen LogP contribution in [0.15, 0.2) is 42.5 Å². The topological polar surface area (TPSA) is 40.5 Å². The second kappa shape index (κ2) is 13.0. The van der Waals surface area contributed by atoms with Crippen LogP contribution in [0.4, 0.5) is 0 Å². The molecule has 1 amide bonds. The number of hydrogen-bond donors (Lipinski definition) is 1. The minimum Gasteiger partial charge on any atom is -0.389 e. The number of rotatable bonds is 13. The Labute approximate surface area is 201 Å². The maximum Gasteiger partial charge on any atom is 0.223 e.